The fraction of sp³-hybridized carbons (Fsp3) is 0.364. The molecule has 3 N–H and O–H groups in total. The number of nitrogens with one attached hydrogen (secondary N) is 1. The highest BCUT2D eigenvalue weighted by molar-refractivity contribution is 14.0. The molecule has 2 aromatic rings. The SMILES string of the molecule is CCNC(=NCc1ccc(C(N)=O)cc1)N1CCC(Cc2ccccc2)C1.I. The molecule has 1 heterocycles. The Morgan fingerprint density at radius 3 is 2.50 bits per heavy atom. The number of rotatable bonds is 6. The van der Waals surface area contributed by atoms with Gasteiger partial charge in [0.2, 0.25) is 5.91 Å². The normalized spacial score (nSPS) is 16.5. The van der Waals surface area contributed by atoms with Gasteiger partial charge in [-0.05, 0) is 48.9 Å². The number of hydrogen-bond acceptors (Lipinski definition) is 2. The molecule has 0 saturated carbocycles. The van der Waals surface area contributed by atoms with Crippen LogP contribution in [0.5, 0.6) is 0 Å². The van der Waals surface area contributed by atoms with Crippen LogP contribution in [0.3, 0.4) is 0 Å². The van der Waals surface area contributed by atoms with Gasteiger partial charge in [-0.3, -0.25) is 4.79 Å². The summed E-state index contributed by atoms with van der Waals surface area (Å²) in [5.41, 5.74) is 8.29. The van der Waals surface area contributed by atoms with Crippen LogP contribution in [-0.4, -0.2) is 36.4 Å². The first-order chi connectivity index (χ1) is 13.2. The highest BCUT2D eigenvalue weighted by Crippen LogP contribution is 2.21. The summed E-state index contributed by atoms with van der Waals surface area (Å²) in [6.45, 7) is 5.58. The molecular weight excluding hydrogens is 463 g/mol. The number of amides is 1. The van der Waals surface area contributed by atoms with E-state index in [0.29, 0.717) is 18.0 Å². The molecule has 1 aliphatic rings. The van der Waals surface area contributed by atoms with Gasteiger partial charge >= 0.3 is 0 Å². The number of halogens is 1. The molecule has 1 atom stereocenters. The smallest absolute Gasteiger partial charge is 0.248 e. The first kappa shape index (κ1) is 22.2. The Morgan fingerprint density at radius 2 is 1.86 bits per heavy atom. The molecule has 0 aliphatic carbocycles. The first-order valence-electron chi connectivity index (χ1n) is 9.61. The highest BCUT2D eigenvalue weighted by atomic mass is 127. The second-order valence-electron chi connectivity index (χ2n) is 7.02. The number of primary amides is 1. The summed E-state index contributed by atoms with van der Waals surface area (Å²) in [6.07, 6.45) is 2.30. The van der Waals surface area contributed by atoms with E-state index in [1.807, 2.05) is 12.1 Å². The molecule has 150 valence electrons. The van der Waals surface area contributed by atoms with Crippen LogP contribution < -0.4 is 11.1 Å². The van der Waals surface area contributed by atoms with Crippen molar-refractivity contribution < 1.29 is 4.79 Å². The standard InChI is InChI=1S/C22H28N4O.HI/c1-2-24-22(25-15-18-8-10-20(11-9-18)21(23)27)26-13-12-19(16-26)14-17-6-4-3-5-7-17;/h3-11,19H,2,12-16H2,1H3,(H2,23,27)(H,24,25);1H. The van der Waals surface area contributed by atoms with Crippen molar-refractivity contribution >= 4 is 35.8 Å². The van der Waals surface area contributed by atoms with Crippen molar-refractivity contribution in [2.75, 3.05) is 19.6 Å². The number of carbonyl (C=O) groups is 1. The van der Waals surface area contributed by atoms with Crippen molar-refractivity contribution in [3.05, 3.63) is 71.3 Å². The van der Waals surface area contributed by atoms with Crippen LogP contribution in [-0.2, 0) is 13.0 Å². The van der Waals surface area contributed by atoms with Crippen molar-refractivity contribution in [1.82, 2.24) is 10.2 Å². The third-order valence-corrected chi connectivity index (χ3v) is 4.94. The van der Waals surface area contributed by atoms with E-state index < -0.39 is 5.91 Å². The van der Waals surface area contributed by atoms with Gasteiger partial charge in [-0.1, -0.05) is 42.5 Å². The maximum Gasteiger partial charge on any atom is 0.248 e. The molecule has 2 aromatic carbocycles. The maximum absolute atomic E-state index is 11.2. The van der Waals surface area contributed by atoms with E-state index >= 15 is 0 Å². The second kappa shape index (κ2) is 11.0. The van der Waals surface area contributed by atoms with Crippen molar-refractivity contribution in [3.63, 3.8) is 0 Å². The average molecular weight is 492 g/mol. The van der Waals surface area contributed by atoms with Crippen LogP contribution in [0.4, 0.5) is 0 Å². The van der Waals surface area contributed by atoms with E-state index in [1.54, 1.807) is 12.1 Å². The lowest BCUT2D eigenvalue weighted by Gasteiger charge is -2.21. The molecule has 1 amide bonds. The third kappa shape index (κ3) is 6.22. The lowest BCUT2D eigenvalue weighted by atomic mass is 9.99. The van der Waals surface area contributed by atoms with Crippen molar-refractivity contribution in [2.24, 2.45) is 16.6 Å². The van der Waals surface area contributed by atoms with Gasteiger partial charge in [0.25, 0.3) is 0 Å². The summed E-state index contributed by atoms with van der Waals surface area (Å²) < 4.78 is 0. The molecule has 1 unspecified atom stereocenters. The quantitative estimate of drug-likeness (QED) is 0.369. The van der Waals surface area contributed by atoms with Crippen LogP contribution in [0, 0.1) is 5.92 Å². The zero-order valence-electron chi connectivity index (χ0n) is 16.3. The van der Waals surface area contributed by atoms with E-state index in [4.69, 9.17) is 10.7 Å². The Hall–Kier alpha value is -2.09. The number of nitrogens with zero attached hydrogens (tertiary/aromatic N) is 2. The molecule has 0 aromatic heterocycles. The topological polar surface area (TPSA) is 70.7 Å². The van der Waals surface area contributed by atoms with E-state index in [0.717, 1.165) is 37.6 Å². The zero-order chi connectivity index (χ0) is 19.1. The van der Waals surface area contributed by atoms with E-state index in [1.165, 1.54) is 12.0 Å². The Labute approximate surface area is 184 Å². The maximum atomic E-state index is 11.2. The molecule has 1 fully saturated rings. The molecule has 28 heavy (non-hydrogen) atoms. The van der Waals surface area contributed by atoms with Crippen LogP contribution in [0.15, 0.2) is 59.6 Å². The van der Waals surface area contributed by atoms with Gasteiger partial charge in [0.05, 0.1) is 6.54 Å². The highest BCUT2D eigenvalue weighted by Gasteiger charge is 2.24. The summed E-state index contributed by atoms with van der Waals surface area (Å²) in [4.78, 5) is 18.3. The number of aliphatic imine (C=N–C) groups is 1. The summed E-state index contributed by atoms with van der Waals surface area (Å²) >= 11 is 0. The molecule has 3 rings (SSSR count). The van der Waals surface area contributed by atoms with Crippen molar-refractivity contribution in [3.8, 4) is 0 Å². The fourth-order valence-corrected chi connectivity index (χ4v) is 3.51. The third-order valence-electron chi connectivity index (χ3n) is 4.94. The van der Waals surface area contributed by atoms with Gasteiger partial charge in [0.15, 0.2) is 5.96 Å². The Balaban J connectivity index is 0.00000280. The van der Waals surface area contributed by atoms with Gasteiger partial charge < -0.3 is 16.0 Å². The molecule has 0 bridgehead atoms. The number of carbonyl (C=O) groups excluding carboxylic acids is 1. The number of nitrogens with two attached hydrogens (primary N) is 1. The summed E-state index contributed by atoms with van der Waals surface area (Å²) in [7, 11) is 0. The van der Waals surface area contributed by atoms with Crippen LogP contribution >= 0.6 is 24.0 Å². The largest absolute Gasteiger partial charge is 0.366 e. The predicted octanol–water partition coefficient (Wildman–Crippen LogP) is 3.43. The zero-order valence-corrected chi connectivity index (χ0v) is 18.6. The predicted molar refractivity (Wildman–Crippen MR) is 125 cm³/mol. The number of likely N-dealkylation sites (tertiary alicyclic amines) is 1. The molecular formula is C22H29IN4O. The number of benzene rings is 2. The number of guanidine groups is 1. The molecule has 0 radical (unpaired) electrons. The minimum atomic E-state index is -0.403. The van der Waals surface area contributed by atoms with Gasteiger partial charge in [0, 0.05) is 25.2 Å². The average Bonchev–Trinajstić information content (AvgIpc) is 3.14. The van der Waals surface area contributed by atoms with Gasteiger partial charge in [-0.2, -0.15) is 0 Å². The Bertz CT molecular complexity index is 777. The Kier molecular flexibility index (Phi) is 8.76. The lowest BCUT2D eigenvalue weighted by molar-refractivity contribution is 0.100. The summed E-state index contributed by atoms with van der Waals surface area (Å²) in [5, 5.41) is 3.41. The fourth-order valence-electron chi connectivity index (χ4n) is 3.51. The van der Waals surface area contributed by atoms with Gasteiger partial charge in [-0.25, -0.2) is 4.99 Å². The van der Waals surface area contributed by atoms with Crippen molar-refractivity contribution in [2.45, 2.75) is 26.3 Å². The summed E-state index contributed by atoms with van der Waals surface area (Å²) in [6, 6.07) is 18.0. The van der Waals surface area contributed by atoms with Crippen LogP contribution in [0.2, 0.25) is 0 Å². The molecule has 1 aliphatic heterocycles. The van der Waals surface area contributed by atoms with Crippen molar-refractivity contribution in [1.29, 1.82) is 0 Å². The van der Waals surface area contributed by atoms with E-state index in [2.05, 4.69) is 47.5 Å². The molecule has 5 nitrogen and oxygen atoms in total. The van der Waals surface area contributed by atoms with Crippen LogP contribution in [0.25, 0.3) is 0 Å². The summed E-state index contributed by atoms with van der Waals surface area (Å²) in [5.74, 6) is 1.22. The van der Waals surface area contributed by atoms with Crippen LogP contribution in [0.1, 0.15) is 34.8 Å². The first-order valence-corrected chi connectivity index (χ1v) is 9.61. The number of hydrogen-bond donors (Lipinski definition) is 2. The monoisotopic (exact) mass is 492 g/mol. The lowest BCUT2D eigenvalue weighted by Crippen LogP contribution is -2.40. The minimum absolute atomic E-state index is 0. The molecule has 6 heteroatoms. The molecule has 0 spiro atoms. The van der Waals surface area contributed by atoms with Gasteiger partial charge in [0.1, 0.15) is 0 Å². The second-order valence-corrected chi connectivity index (χ2v) is 7.02. The Morgan fingerprint density at radius 1 is 1.14 bits per heavy atom. The molecule has 1 saturated heterocycles. The minimum Gasteiger partial charge on any atom is -0.366 e. The van der Waals surface area contributed by atoms with E-state index in [9.17, 15) is 4.79 Å². The van der Waals surface area contributed by atoms with E-state index in [-0.39, 0.29) is 24.0 Å². The van der Waals surface area contributed by atoms with Gasteiger partial charge in [-0.15, -0.1) is 24.0 Å².